The van der Waals surface area contributed by atoms with E-state index in [2.05, 4.69) is 84.9 Å². The molecular formula is C24H29N7S. The molecule has 0 bridgehead atoms. The molecule has 0 atom stereocenters. The van der Waals surface area contributed by atoms with Gasteiger partial charge in [-0.3, -0.25) is 0 Å². The minimum absolute atomic E-state index is 0.709. The Kier molecular flexibility index (Phi) is 5.80. The summed E-state index contributed by atoms with van der Waals surface area (Å²) in [6.07, 6.45) is 1.63. The number of hydrogen-bond acceptors (Lipinski definition) is 6. The monoisotopic (exact) mass is 447 g/mol. The number of para-hydroxylation sites is 1. The predicted octanol–water partition coefficient (Wildman–Crippen LogP) is 4.42. The highest BCUT2D eigenvalue weighted by molar-refractivity contribution is 7.71. The first-order valence-corrected chi connectivity index (χ1v) is 11.7. The van der Waals surface area contributed by atoms with Crippen LogP contribution in [-0.2, 0) is 13.1 Å². The van der Waals surface area contributed by atoms with Crippen LogP contribution >= 0.6 is 12.2 Å². The lowest BCUT2D eigenvalue weighted by molar-refractivity contribution is 0.271. The van der Waals surface area contributed by atoms with Crippen LogP contribution < -0.4 is 10.2 Å². The molecule has 3 heterocycles. The summed E-state index contributed by atoms with van der Waals surface area (Å²) in [7, 11) is 0. The van der Waals surface area contributed by atoms with Crippen molar-refractivity contribution in [1.82, 2.24) is 24.4 Å². The molecular weight excluding hydrogens is 418 g/mol. The van der Waals surface area contributed by atoms with Crippen LogP contribution in [0.25, 0.3) is 21.9 Å². The van der Waals surface area contributed by atoms with Crippen molar-refractivity contribution < 1.29 is 0 Å². The fourth-order valence-corrected chi connectivity index (χ4v) is 4.95. The van der Waals surface area contributed by atoms with Gasteiger partial charge in [-0.15, -0.1) is 0 Å². The summed E-state index contributed by atoms with van der Waals surface area (Å²) in [5.74, 6) is 0.839. The molecule has 0 radical (unpaired) electrons. The van der Waals surface area contributed by atoms with Gasteiger partial charge in [0.2, 0.25) is 0 Å². The van der Waals surface area contributed by atoms with Crippen molar-refractivity contribution in [1.29, 1.82) is 0 Å². The van der Waals surface area contributed by atoms with Gasteiger partial charge in [-0.1, -0.05) is 25.1 Å². The topological polar surface area (TPSA) is 65.0 Å². The minimum atomic E-state index is 0.709. The zero-order chi connectivity index (χ0) is 22.1. The number of aryl methyl sites for hydroxylation is 1. The Morgan fingerprint density at radius 2 is 1.84 bits per heavy atom. The quantitative estimate of drug-likeness (QED) is 0.427. The van der Waals surface area contributed by atoms with Gasteiger partial charge in [0.25, 0.3) is 0 Å². The summed E-state index contributed by atoms with van der Waals surface area (Å²) in [6.45, 7) is 11.3. The van der Waals surface area contributed by atoms with Crippen LogP contribution in [0, 0.1) is 4.77 Å². The normalized spacial score (nSPS) is 15.0. The van der Waals surface area contributed by atoms with E-state index in [1.165, 1.54) is 11.3 Å². The molecule has 1 fully saturated rings. The summed E-state index contributed by atoms with van der Waals surface area (Å²) >= 11 is 5.48. The van der Waals surface area contributed by atoms with Gasteiger partial charge in [-0.2, -0.15) is 0 Å². The van der Waals surface area contributed by atoms with Gasteiger partial charge in [-0.25, -0.2) is 9.97 Å². The number of nitrogens with zero attached hydrogens (tertiary/aromatic N) is 5. The first-order valence-electron chi connectivity index (χ1n) is 11.3. The van der Waals surface area contributed by atoms with Crippen molar-refractivity contribution in [2.24, 2.45) is 0 Å². The first-order chi connectivity index (χ1) is 15.7. The number of aromatic nitrogens is 4. The van der Waals surface area contributed by atoms with Crippen LogP contribution in [0.1, 0.15) is 19.4 Å². The Morgan fingerprint density at radius 1 is 1.03 bits per heavy atom. The number of likely N-dealkylation sites (N-methyl/N-ethyl adjacent to an activating group) is 1. The second-order valence-corrected chi connectivity index (χ2v) is 8.57. The van der Waals surface area contributed by atoms with E-state index in [0.717, 1.165) is 71.8 Å². The molecule has 0 spiro atoms. The lowest BCUT2D eigenvalue weighted by Gasteiger charge is -2.36. The van der Waals surface area contributed by atoms with E-state index in [-0.39, 0.29) is 0 Å². The maximum atomic E-state index is 5.48. The highest BCUT2D eigenvalue weighted by Gasteiger charge is 2.18. The molecule has 5 rings (SSSR count). The Morgan fingerprint density at radius 3 is 2.62 bits per heavy atom. The van der Waals surface area contributed by atoms with Crippen molar-refractivity contribution in [3.63, 3.8) is 0 Å². The average molecular weight is 448 g/mol. The Bertz CT molecular complexity index is 1300. The molecule has 0 aliphatic carbocycles. The number of imidazole rings is 1. The standard InChI is InChI=1S/C24H29N7S/c1-3-29-9-11-30(12-10-29)21-8-6-5-7-17(21)15-25-23-18-13-20-22(14-19(18)26-16-27-23)31(4-2)24(32)28-20/h5-8,13-14,16H,3-4,9-12,15H2,1-2H3,(H,28,32)(H,25,26,27). The third kappa shape index (κ3) is 3.84. The zero-order valence-electron chi connectivity index (χ0n) is 18.6. The number of hydrogen-bond donors (Lipinski definition) is 2. The van der Waals surface area contributed by atoms with Gasteiger partial charge < -0.3 is 24.7 Å². The maximum absolute atomic E-state index is 5.48. The number of benzene rings is 2. The first kappa shape index (κ1) is 20.9. The highest BCUT2D eigenvalue weighted by Crippen LogP contribution is 2.27. The number of aromatic amines is 1. The van der Waals surface area contributed by atoms with Crippen LogP contribution in [0.2, 0.25) is 0 Å². The summed E-state index contributed by atoms with van der Waals surface area (Å²) in [5, 5.41) is 4.56. The summed E-state index contributed by atoms with van der Waals surface area (Å²) in [5.41, 5.74) is 5.58. The number of rotatable bonds is 6. The van der Waals surface area contributed by atoms with Crippen molar-refractivity contribution in [3.05, 3.63) is 53.1 Å². The smallest absolute Gasteiger partial charge is 0.178 e. The Balaban J connectivity index is 1.43. The summed E-state index contributed by atoms with van der Waals surface area (Å²) in [6, 6.07) is 12.9. The number of anilines is 2. The van der Waals surface area contributed by atoms with Crippen LogP contribution in [0.3, 0.4) is 0 Å². The maximum Gasteiger partial charge on any atom is 0.178 e. The molecule has 0 amide bonds. The van der Waals surface area contributed by atoms with E-state index < -0.39 is 0 Å². The van der Waals surface area contributed by atoms with Crippen molar-refractivity contribution in [2.75, 3.05) is 42.9 Å². The van der Waals surface area contributed by atoms with Crippen molar-refractivity contribution in [2.45, 2.75) is 26.9 Å². The SMILES string of the molecule is CCN1CCN(c2ccccc2CNc2ncnc3cc4c(cc23)[nH]c(=S)n4CC)CC1. The molecule has 1 saturated heterocycles. The predicted molar refractivity (Wildman–Crippen MR) is 134 cm³/mol. The molecule has 2 aromatic heterocycles. The van der Waals surface area contributed by atoms with Crippen molar-refractivity contribution in [3.8, 4) is 0 Å². The molecule has 4 aromatic rings. The molecule has 32 heavy (non-hydrogen) atoms. The molecule has 0 unspecified atom stereocenters. The second kappa shape index (κ2) is 8.88. The minimum Gasteiger partial charge on any atom is -0.369 e. The zero-order valence-corrected chi connectivity index (χ0v) is 19.5. The number of piperazine rings is 1. The van der Waals surface area contributed by atoms with Gasteiger partial charge in [0.05, 0.1) is 16.6 Å². The van der Waals surface area contributed by atoms with Crippen LogP contribution in [0.5, 0.6) is 0 Å². The number of fused-ring (bicyclic) bond motifs is 2. The molecule has 166 valence electrons. The van der Waals surface area contributed by atoms with E-state index in [4.69, 9.17) is 12.2 Å². The molecule has 1 aliphatic rings. The van der Waals surface area contributed by atoms with Crippen LogP contribution in [0.4, 0.5) is 11.5 Å². The van der Waals surface area contributed by atoms with Gasteiger partial charge >= 0.3 is 0 Å². The summed E-state index contributed by atoms with van der Waals surface area (Å²) in [4.78, 5) is 17.4. The fraction of sp³-hybridized carbons (Fsp3) is 0.375. The Hall–Kier alpha value is -2.97. The van der Waals surface area contributed by atoms with Gasteiger partial charge in [-0.05, 0) is 49.4 Å². The molecule has 2 N–H and O–H groups in total. The lowest BCUT2D eigenvalue weighted by Crippen LogP contribution is -2.46. The Labute approximate surface area is 193 Å². The largest absolute Gasteiger partial charge is 0.369 e. The van der Waals surface area contributed by atoms with Crippen molar-refractivity contribution >= 4 is 45.7 Å². The van der Waals surface area contributed by atoms with Gasteiger partial charge in [0, 0.05) is 50.3 Å². The molecule has 7 nitrogen and oxygen atoms in total. The molecule has 8 heteroatoms. The van der Waals surface area contributed by atoms with E-state index >= 15 is 0 Å². The van der Waals surface area contributed by atoms with Gasteiger partial charge in [0.15, 0.2) is 4.77 Å². The van der Waals surface area contributed by atoms with Crippen LogP contribution in [0.15, 0.2) is 42.7 Å². The lowest BCUT2D eigenvalue weighted by atomic mass is 10.1. The third-order valence-electron chi connectivity index (χ3n) is 6.44. The molecule has 1 aliphatic heterocycles. The number of H-pyrrole nitrogens is 1. The van der Waals surface area contributed by atoms with E-state index in [9.17, 15) is 0 Å². The van der Waals surface area contributed by atoms with E-state index in [1.807, 2.05) is 0 Å². The average Bonchev–Trinajstić information content (AvgIpc) is 3.15. The number of nitrogens with one attached hydrogen (secondary N) is 2. The van der Waals surface area contributed by atoms with E-state index in [1.54, 1.807) is 6.33 Å². The molecule has 2 aromatic carbocycles. The summed E-state index contributed by atoms with van der Waals surface area (Å²) < 4.78 is 2.82. The van der Waals surface area contributed by atoms with E-state index in [0.29, 0.717) is 6.54 Å². The highest BCUT2D eigenvalue weighted by atomic mass is 32.1. The van der Waals surface area contributed by atoms with Gasteiger partial charge in [0.1, 0.15) is 12.1 Å². The fourth-order valence-electron chi connectivity index (χ4n) is 4.62. The third-order valence-corrected chi connectivity index (χ3v) is 6.77. The second-order valence-electron chi connectivity index (χ2n) is 8.19. The molecule has 0 saturated carbocycles. The van der Waals surface area contributed by atoms with Crippen LogP contribution in [-0.4, -0.2) is 57.1 Å².